The number of amides is 1. The first-order valence-electron chi connectivity index (χ1n) is 6.75. The van der Waals surface area contributed by atoms with Crippen molar-refractivity contribution >= 4 is 11.6 Å². The molecule has 6 nitrogen and oxygen atoms in total. The summed E-state index contributed by atoms with van der Waals surface area (Å²) in [4.78, 5) is 14.2. The molecular weight excluding hydrogens is 254 g/mol. The lowest BCUT2D eigenvalue weighted by Gasteiger charge is -2.17. The van der Waals surface area contributed by atoms with E-state index in [1.165, 1.54) is 0 Å². The quantitative estimate of drug-likeness (QED) is 0.915. The van der Waals surface area contributed by atoms with Crippen LogP contribution in [0.3, 0.4) is 0 Å². The van der Waals surface area contributed by atoms with Crippen molar-refractivity contribution in [3.8, 4) is 0 Å². The molecule has 1 amide bonds. The summed E-state index contributed by atoms with van der Waals surface area (Å²) in [6.07, 6.45) is 7.81. The van der Waals surface area contributed by atoms with Gasteiger partial charge in [0.2, 0.25) is 0 Å². The van der Waals surface area contributed by atoms with E-state index in [1.807, 2.05) is 24.0 Å². The topological polar surface area (TPSA) is 69.1 Å². The first kappa shape index (κ1) is 12.8. The monoisotopic (exact) mass is 273 g/mol. The molecule has 2 heterocycles. The minimum Gasteiger partial charge on any atom is -0.397 e. The van der Waals surface area contributed by atoms with Crippen molar-refractivity contribution in [1.29, 1.82) is 0 Å². The van der Waals surface area contributed by atoms with Crippen molar-refractivity contribution in [1.82, 2.24) is 19.2 Å². The molecule has 0 unspecified atom stereocenters. The average Bonchev–Trinajstić information content (AvgIpc) is 3.07. The second-order valence-electron chi connectivity index (χ2n) is 5.48. The summed E-state index contributed by atoms with van der Waals surface area (Å²) in [5.41, 5.74) is 8.17. The minimum atomic E-state index is -0.00236. The fourth-order valence-corrected chi connectivity index (χ4v) is 2.42. The largest absolute Gasteiger partial charge is 0.397 e. The Labute approximate surface area is 117 Å². The lowest BCUT2D eigenvalue weighted by atomic mass is 10.3. The van der Waals surface area contributed by atoms with E-state index >= 15 is 0 Å². The Balaban J connectivity index is 1.77. The van der Waals surface area contributed by atoms with Gasteiger partial charge in [-0.2, -0.15) is 5.10 Å². The first-order chi connectivity index (χ1) is 9.54. The van der Waals surface area contributed by atoms with Crippen LogP contribution in [0, 0.1) is 0 Å². The Morgan fingerprint density at radius 1 is 1.50 bits per heavy atom. The normalized spacial score (nSPS) is 14.5. The van der Waals surface area contributed by atoms with Gasteiger partial charge in [-0.15, -0.1) is 0 Å². The summed E-state index contributed by atoms with van der Waals surface area (Å²) in [6, 6.07) is 2.21. The Hall–Kier alpha value is -2.24. The SMILES string of the molecule is CN(Cc1cnn(C)c1)C(=O)c1cc(N)cn1C1CC1. The molecule has 0 spiro atoms. The highest BCUT2D eigenvalue weighted by atomic mass is 16.2. The number of hydrogen-bond acceptors (Lipinski definition) is 3. The van der Waals surface area contributed by atoms with Crippen molar-refractivity contribution in [3.05, 3.63) is 35.9 Å². The van der Waals surface area contributed by atoms with Gasteiger partial charge < -0.3 is 15.2 Å². The van der Waals surface area contributed by atoms with E-state index in [0.717, 1.165) is 18.4 Å². The number of hydrogen-bond donors (Lipinski definition) is 1. The van der Waals surface area contributed by atoms with Crippen LogP contribution in [-0.2, 0) is 13.6 Å². The van der Waals surface area contributed by atoms with Crippen LogP contribution in [0.1, 0.15) is 34.9 Å². The van der Waals surface area contributed by atoms with E-state index in [4.69, 9.17) is 5.73 Å². The third-order valence-corrected chi connectivity index (χ3v) is 3.55. The second-order valence-corrected chi connectivity index (χ2v) is 5.48. The number of nitrogens with zero attached hydrogens (tertiary/aromatic N) is 4. The molecule has 2 aromatic heterocycles. The Bertz CT molecular complexity index is 638. The number of aromatic nitrogens is 3. The first-order valence-corrected chi connectivity index (χ1v) is 6.75. The molecule has 6 heteroatoms. The molecular formula is C14H19N5O. The lowest BCUT2D eigenvalue weighted by Crippen LogP contribution is -2.28. The van der Waals surface area contributed by atoms with E-state index in [9.17, 15) is 4.79 Å². The summed E-state index contributed by atoms with van der Waals surface area (Å²) >= 11 is 0. The number of anilines is 1. The van der Waals surface area contributed by atoms with E-state index in [0.29, 0.717) is 24.0 Å². The van der Waals surface area contributed by atoms with Gasteiger partial charge in [0.25, 0.3) is 5.91 Å². The molecule has 106 valence electrons. The molecule has 0 radical (unpaired) electrons. The van der Waals surface area contributed by atoms with E-state index in [2.05, 4.69) is 5.10 Å². The summed E-state index contributed by atoms with van der Waals surface area (Å²) in [6.45, 7) is 0.544. The maximum absolute atomic E-state index is 12.5. The van der Waals surface area contributed by atoms with Crippen LogP contribution in [0.2, 0.25) is 0 Å². The average molecular weight is 273 g/mol. The van der Waals surface area contributed by atoms with Crippen LogP contribution >= 0.6 is 0 Å². The fraction of sp³-hybridized carbons (Fsp3) is 0.429. The lowest BCUT2D eigenvalue weighted by molar-refractivity contribution is 0.0774. The predicted octanol–water partition coefficient (Wildman–Crippen LogP) is 1.41. The molecule has 0 saturated heterocycles. The van der Waals surface area contributed by atoms with Gasteiger partial charge in [0.05, 0.1) is 11.9 Å². The van der Waals surface area contributed by atoms with Crippen LogP contribution in [0.4, 0.5) is 5.69 Å². The number of nitrogens with two attached hydrogens (primary N) is 1. The summed E-state index contributed by atoms with van der Waals surface area (Å²) in [5.74, 6) is -0.00236. The smallest absolute Gasteiger partial charge is 0.270 e. The minimum absolute atomic E-state index is 0.00236. The number of nitrogen functional groups attached to an aromatic ring is 1. The van der Waals surface area contributed by atoms with E-state index in [1.54, 1.807) is 28.9 Å². The third-order valence-electron chi connectivity index (χ3n) is 3.55. The van der Waals surface area contributed by atoms with Crippen molar-refractivity contribution in [2.45, 2.75) is 25.4 Å². The van der Waals surface area contributed by atoms with Crippen LogP contribution in [0.25, 0.3) is 0 Å². The third kappa shape index (κ3) is 2.41. The van der Waals surface area contributed by atoms with Crippen molar-refractivity contribution in [3.63, 3.8) is 0 Å². The molecule has 0 bridgehead atoms. The van der Waals surface area contributed by atoms with Crippen LogP contribution in [-0.4, -0.2) is 32.2 Å². The zero-order valence-corrected chi connectivity index (χ0v) is 11.8. The van der Waals surface area contributed by atoms with Crippen LogP contribution in [0.5, 0.6) is 0 Å². The van der Waals surface area contributed by atoms with Crippen molar-refractivity contribution in [2.75, 3.05) is 12.8 Å². The molecule has 0 aromatic carbocycles. The Morgan fingerprint density at radius 2 is 2.25 bits per heavy atom. The number of carbonyl (C=O) groups excluding carboxylic acids is 1. The maximum Gasteiger partial charge on any atom is 0.270 e. The number of aryl methyl sites for hydroxylation is 1. The molecule has 1 saturated carbocycles. The van der Waals surface area contributed by atoms with Crippen LogP contribution in [0.15, 0.2) is 24.7 Å². The van der Waals surface area contributed by atoms with Gasteiger partial charge in [-0.3, -0.25) is 9.48 Å². The molecule has 3 rings (SSSR count). The standard InChI is InChI=1S/C14H19N5O/c1-17(7-10-6-16-18(2)8-10)14(20)13-5-11(15)9-19(13)12-3-4-12/h5-6,8-9,12H,3-4,7,15H2,1-2H3. The summed E-state index contributed by atoms with van der Waals surface area (Å²) in [5, 5.41) is 4.12. The fourth-order valence-electron chi connectivity index (χ4n) is 2.42. The van der Waals surface area contributed by atoms with Gasteiger partial charge in [0.15, 0.2) is 0 Å². The van der Waals surface area contributed by atoms with Crippen LogP contribution < -0.4 is 5.73 Å². The Kier molecular flexibility index (Phi) is 3.00. The van der Waals surface area contributed by atoms with Gasteiger partial charge in [0.1, 0.15) is 5.69 Å². The number of rotatable bonds is 4. The van der Waals surface area contributed by atoms with Gasteiger partial charge in [-0.05, 0) is 18.9 Å². The highest BCUT2D eigenvalue weighted by Gasteiger charge is 2.28. The van der Waals surface area contributed by atoms with Gasteiger partial charge >= 0.3 is 0 Å². The molecule has 2 aromatic rings. The van der Waals surface area contributed by atoms with Gasteiger partial charge in [0, 0.05) is 44.6 Å². The molecule has 1 aliphatic rings. The number of carbonyl (C=O) groups is 1. The Morgan fingerprint density at radius 3 is 2.85 bits per heavy atom. The molecule has 1 fully saturated rings. The highest BCUT2D eigenvalue weighted by Crippen LogP contribution is 2.37. The molecule has 20 heavy (non-hydrogen) atoms. The zero-order valence-electron chi connectivity index (χ0n) is 11.8. The summed E-state index contributed by atoms with van der Waals surface area (Å²) < 4.78 is 3.75. The van der Waals surface area contributed by atoms with E-state index in [-0.39, 0.29) is 5.91 Å². The molecule has 0 atom stereocenters. The van der Waals surface area contributed by atoms with Crippen molar-refractivity contribution in [2.24, 2.45) is 7.05 Å². The summed E-state index contributed by atoms with van der Waals surface area (Å²) in [7, 11) is 3.67. The van der Waals surface area contributed by atoms with E-state index < -0.39 is 0 Å². The van der Waals surface area contributed by atoms with Crippen molar-refractivity contribution < 1.29 is 4.79 Å². The van der Waals surface area contributed by atoms with Gasteiger partial charge in [-0.25, -0.2) is 0 Å². The molecule has 2 N–H and O–H groups in total. The van der Waals surface area contributed by atoms with Gasteiger partial charge in [-0.1, -0.05) is 0 Å². The highest BCUT2D eigenvalue weighted by molar-refractivity contribution is 5.93. The maximum atomic E-state index is 12.5. The molecule has 0 aliphatic heterocycles. The second kappa shape index (κ2) is 4.70. The molecule has 1 aliphatic carbocycles. The zero-order chi connectivity index (χ0) is 14.3. The predicted molar refractivity (Wildman–Crippen MR) is 76.1 cm³/mol.